The van der Waals surface area contributed by atoms with Gasteiger partial charge in [0.25, 0.3) is 21.8 Å². The van der Waals surface area contributed by atoms with Gasteiger partial charge in [0.15, 0.2) is 28.8 Å². The van der Waals surface area contributed by atoms with Gasteiger partial charge in [-0.1, -0.05) is 44.2 Å². The van der Waals surface area contributed by atoms with E-state index in [2.05, 4.69) is 77.8 Å². The van der Waals surface area contributed by atoms with Crippen molar-refractivity contribution in [2.24, 2.45) is 11.3 Å². The first kappa shape index (κ1) is 56.8. The van der Waals surface area contributed by atoms with Gasteiger partial charge in [-0.3, -0.25) is 14.6 Å². The van der Waals surface area contributed by atoms with Crippen LogP contribution in [0.15, 0.2) is 84.0 Å². The van der Waals surface area contributed by atoms with Crippen molar-refractivity contribution in [2.75, 3.05) is 70.2 Å². The molecule has 4 aliphatic rings. The minimum Gasteiger partial charge on any atom is -0.629 e. The number of aromatic nitrogens is 3. The van der Waals surface area contributed by atoms with Gasteiger partial charge in [-0.2, -0.15) is 9.37 Å². The molecule has 1 amide bonds. The Bertz CT molecular complexity index is 3340. The number of nitrogens with one attached hydrogen (secondary N) is 4. The van der Waals surface area contributed by atoms with Gasteiger partial charge in [0.2, 0.25) is 5.82 Å². The second-order valence-electron chi connectivity index (χ2n) is 22.8. The number of piperidine rings is 1. The normalized spacial score (nSPS) is 21.4. The average molecular weight is 1120 g/mol. The van der Waals surface area contributed by atoms with Crippen LogP contribution >= 0.6 is 0 Å². The topological polar surface area (TPSA) is 202 Å². The lowest BCUT2D eigenvalue weighted by Crippen LogP contribution is -2.98. The number of hydrogen-bond acceptors (Lipinski definition) is 14. The zero-order valence-electron chi connectivity index (χ0n) is 46.2. The van der Waals surface area contributed by atoms with Crippen molar-refractivity contribution in [3.8, 4) is 23.1 Å². The molecule has 428 valence electrons. The number of quaternary nitrogens is 1. The summed E-state index contributed by atoms with van der Waals surface area (Å²) in [5, 5.41) is 26.2. The van der Waals surface area contributed by atoms with Crippen LogP contribution in [0.2, 0.25) is 0 Å². The Morgan fingerprint density at radius 3 is 2.42 bits per heavy atom. The molecule has 0 bridgehead atoms. The van der Waals surface area contributed by atoms with E-state index in [1.165, 1.54) is 49.5 Å². The number of sulfonamides is 1. The summed E-state index contributed by atoms with van der Waals surface area (Å²) < 4.78 is 92.7. The maximum absolute atomic E-state index is 15.3. The minimum absolute atomic E-state index is 0.000966. The van der Waals surface area contributed by atoms with Crippen molar-refractivity contribution in [1.29, 1.82) is 0 Å². The number of ether oxygens (including phenoxy) is 3. The number of aromatic amines is 1. The van der Waals surface area contributed by atoms with Gasteiger partial charge in [-0.05, 0) is 112 Å². The first-order chi connectivity index (χ1) is 38.2. The van der Waals surface area contributed by atoms with Gasteiger partial charge >= 0.3 is 0 Å². The van der Waals surface area contributed by atoms with Crippen LogP contribution in [0.3, 0.4) is 0 Å². The molecular weight excluding hydrogens is 1050 g/mol. The largest absolute Gasteiger partial charge is 0.629 e. The van der Waals surface area contributed by atoms with Crippen molar-refractivity contribution in [1.82, 2.24) is 29.5 Å². The molecule has 5 N–H and O–H groups in total. The Kier molecular flexibility index (Phi) is 16.4. The predicted molar refractivity (Wildman–Crippen MR) is 299 cm³/mol. The zero-order chi connectivity index (χ0) is 56.7. The molecular formula is C59H72F3N9O8S. The predicted octanol–water partition coefficient (Wildman–Crippen LogP) is 9.12. The fraction of sp³-hybridized carbons (Fsp3) is 0.475. The van der Waals surface area contributed by atoms with Crippen molar-refractivity contribution in [2.45, 2.75) is 114 Å². The molecule has 17 nitrogen and oxygen atoms in total. The number of anilines is 2. The number of fused-ring (bicyclic) bond motifs is 1. The van der Waals surface area contributed by atoms with Crippen molar-refractivity contribution < 1.29 is 50.8 Å². The van der Waals surface area contributed by atoms with Crippen LogP contribution < -0.4 is 34.2 Å². The van der Waals surface area contributed by atoms with E-state index in [4.69, 9.17) is 14.2 Å². The molecule has 2 aliphatic heterocycles. The number of methoxy groups -OCH3 is 1. The van der Waals surface area contributed by atoms with E-state index in [0.717, 1.165) is 63.2 Å². The first-order valence-corrected chi connectivity index (χ1v) is 29.2. The number of amides is 1. The number of piperazine rings is 1. The van der Waals surface area contributed by atoms with Crippen LogP contribution in [0.4, 0.5) is 30.4 Å². The fourth-order valence-electron chi connectivity index (χ4n) is 12.3. The second kappa shape index (κ2) is 23.2. The second-order valence-corrected chi connectivity index (χ2v) is 24.5. The van der Waals surface area contributed by atoms with Gasteiger partial charge in [-0.15, -0.1) is 0 Å². The molecule has 80 heavy (non-hydrogen) atoms. The van der Waals surface area contributed by atoms with E-state index in [-0.39, 0.29) is 87.7 Å². The Labute approximate surface area is 465 Å². The van der Waals surface area contributed by atoms with Crippen LogP contribution in [-0.2, 0) is 16.6 Å². The molecule has 10 rings (SSSR count). The number of nitrogens with zero attached hydrogens (tertiary/aromatic N) is 5. The number of halogens is 3. The molecule has 3 aromatic heterocycles. The van der Waals surface area contributed by atoms with Gasteiger partial charge in [-0.25, -0.2) is 26.9 Å². The molecule has 1 unspecified atom stereocenters. The highest BCUT2D eigenvalue weighted by molar-refractivity contribution is 7.90. The van der Waals surface area contributed by atoms with Crippen LogP contribution in [0.5, 0.6) is 23.1 Å². The summed E-state index contributed by atoms with van der Waals surface area (Å²) in [4.78, 5) is 32.5. The van der Waals surface area contributed by atoms with Crippen molar-refractivity contribution in [3.63, 3.8) is 0 Å². The number of benzene rings is 3. The first-order valence-electron chi connectivity index (χ1n) is 27.7. The van der Waals surface area contributed by atoms with Gasteiger partial charge < -0.3 is 44.8 Å². The lowest BCUT2D eigenvalue weighted by atomic mass is 9.59. The van der Waals surface area contributed by atoms with Gasteiger partial charge in [0.1, 0.15) is 22.1 Å². The zero-order valence-corrected chi connectivity index (χ0v) is 47.0. The smallest absolute Gasteiger partial charge is 0.268 e. The number of pyridine rings is 2. The molecule has 2 saturated heterocycles. The summed E-state index contributed by atoms with van der Waals surface area (Å²) in [5.74, 6) is -2.87. The number of H-pyrrole nitrogens is 1. The van der Waals surface area contributed by atoms with E-state index in [1.54, 1.807) is 25.1 Å². The maximum atomic E-state index is 15.3. The highest BCUT2D eigenvalue weighted by Crippen LogP contribution is 2.54. The lowest BCUT2D eigenvalue weighted by Gasteiger charge is -2.58. The number of hydroxylamine groups is 1. The van der Waals surface area contributed by atoms with E-state index in [0.29, 0.717) is 57.2 Å². The Morgan fingerprint density at radius 1 is 0.963 bits per heavy atom. The number of carbonyl (C=O) groups is 1. The number of rotatable bonds is 18. The molecule has 21 heteroatoms. The van der Waals surface area contributed by atoms with Gasteiger partial charge in [0, 0.05) is 93.5 Å². The summed E-state index contributed by atoms with van der Waals surface area (Å²) in [6.07, 6.45) is 8.90. The summed E-state index contributed by atoms with van der Waals surface area (Å²) in [5.41, 5.74) is 3.03. The highest BCUT2D eigenvalue weighted by Gasteiger charge is 2.50. The Morgan fingerprint density at radius 2 is 1.71 bits per heavy atom. The maximum Gasteiger partial charge on any atom is 0.268 e. The van der Waals surface area contributed by atoms with E-state index >= 15 is 8.78 Å². The lowest BCUT2D eigenvalue weighted by molar-refractivity contribution is -0.751. The summed E-state index contributed by atoms with van der Waals surface area (Å²) in [6.45, 7) is 12.4. The standard InChI is InChI=1S/C59H72F3N9O8S/c1-7-78-57-51(28-45-46(60)33-65-54(45)66-57)79-50-26-39(13-14-44(50)56(72)67-80(75,76)41-27-47(68(5)74)55(64-32-41)63-31-37-16-18-58(4,73)19-17-37)70-22-20-59(21-23-70)29-40(30-59)71-25-24-69(34-38-12-15-49(77-6)53(62)52(38)61)35-48(71)43-11-9-8-10-42(43)36(2)3/h8-15,26-28,32-33,36-37,40,48,68,73H,7,16-25,29-31,34-35H2,1-6H3,(H,63,64)(H,65,66)(H,67,72)/t37-,48-,58-/m0/s1. The highest BCUT2D eigenvalue weighted by atomic mass is 32.2. The number of aliphatic hydroxyl groups is 1. The summed E-state index contributed by atoms with van der Waals surface area (Å²) >= 11 is 0. The van der Waals surface area contributed by atoms with Crippen LogP contribution in [0.25, 0.3) is 11.0 Å². The van der Waals surface area contributed by atoms with Crippen molar-refractivity contribution in [3.05, 3.63) is 124 Å². The number of carbonyl (C=O) groups excluding carboxylic acids is 1. The molecule has 6 aromatic rings. The fourth-order valence-corrected chi connectivity index (χ4v) is 13.3. The van der Waals surface area contributed by atoms with Crippen LogP contribution in [-0.4, -0.2) is 116 Å². The molecule has 4 fully saturated rings. The SMILES string of the molecule is CCOc1nc2[nH]cc(F)c2cc1Oc1cc(N2CCC3(CC2)CC(N2CCN(Cc4ccc(OC)c(F)c4F)C[C@H]2c2ccccc2C(C)C)C3)ccc1C(=O)NS(=O)(=O)c1cnc(NC[C@H]2CC[C@](C)(O)CC2)c([NH+](C)[O-])c1. The molecule has 2 aliphatic carbocycles. The van der Waals surface area contributed by atoms with E-state index in [9.17, 15) is 27.9 Å². The quantitative estimate of drug-likeness (QED) is 0.0510. The van der Waals surface area contributed by atoms with Crippen LogP contribution in [0, 0.1) is 34.0 Å². The summed E-state index contributed by atoms with van der Waals surface area (Å²) in [7, 11) is -1.99. The number of hydrogen-bond donors (Lipinski definition) is 5. The molecule has 0 radical (unpaired) electrons. The minimum atomic E-state index is -4.62. The monoisotopic (exact) mass is 1120 g/mol. The van der Waals surface area contributed by atoms with Crippen molar-refractivity contribution >= 4 is 44.2 Å². The molecule has 3 aromatic carbocycles. The third kappa shape index (κ3) is 11.9. The molecule has 2 atom stereocenters. The summed E-state index contributed by atoms with van der Waals surface area (Å²) in [6, 6.07) is 19.5. The molecule has 1 spiro atoms. The van der Waals surface area contributed by atoms with E-state index < -0.39 is 48.9 Å². The average Bonchev–Trinajstić information content (AvgIpc) is 3.94. The van der Waals surface area contributed by atoms with Crippen LogP contribution in [0.1, 0.15) is 118 Å². The Balaban J connectivity index is 0.864. The Hall–Kier alpha value is -6.49. The third-order valence-corrected chi connectivity index (χ3v) is 18.3. The van der Waals surface area contributed by atoms with E-state index in [1.807, 2.05) is 6.92 Å². The molecule has 5 heterocycles. The van der Waals surface area contributed by atoms with Gasteiger partial charge in [0.05, 0.1) is 43.5 Å². The third-order valence-electron chi connectivity index (χ3n) is 17.0. The molecule has 2 saturated carbocycles.